The van der Waals surface area contributed by atoms with Gasteiger partial charge in [0.25, 0.3) is 0 Å². The molecule has 2 aliphatic rings. The molecule has 0 amide bonds. The highest BCUT2D eigenvalue weighted by Crippen LogP contribution is 2.45. The zero-order valence-corrected chi connectivity index (χ0v) is 13.2. The maximum atomic E-state index is 6.43. The van der Waals surface area contributed by atoms with Crippen LogP contribution in [0.1, 0.15) is 11.1 Å². The van der Waals surface area contributed by atoms with Crippen LogP contribution in [0.3, 0.4) is 0 Å². The van der Waals surface area contributed by atoms with E-state index in [1.807, 2.05) is 66.9 Å². The Kier molecular flexibility index (Phi) is 3.28. The molecule has 5 N–H and O–H groups in total. The number of allylic oxidation sites excluding steroid dienone is 1. The van der Waals surface area contributed by atoms with Crippen molar-refractivity contribution in [1.82, 2.24) is 9.03 Å². The van der Waals surface area contributed by atoms with E-state index in [-0.39, 0.29) is 0 Å². The van der Waals surface area contributed by atoms with Gasteiger partial charge in [0.15, 0.2) is 0 Å². The number of nitrogens with two attached hydrogens (primary N) is 2. The number of nitrogens with one attached hydrogen (secondary N) is 1. The second-order valence-corrected chi connectivity index (χ2v) is 6.10. The summed E-state index contributed by atoms with van der Waals surface area (Å²) in [7, 11) is 0. The second-order valence-electron chi connectivity index (χ2n) is 5.32. The van der Waals surface area contributed by atoms with Crippen molar-refractivity contribution in [3.05, 3.63) is 95.1 Å². The van der Waals surface area contributed by atoms with Gasteiger partial charge < -0.3 is 16.2 Å². The summed E-state index contributed by atoms with van der Waals surface area (Å²) in [6.07, 6.45) is 1.97. The van der Waals surface area contributed by atoms with Crippen molar-refractivity contribution < 1.29 is 0 Å². The number of hydrogen-bond acceptors (Lipinski definition) is 5. The molecule has 0 saturated carbocycles. The van der Waals surface area contributed by atoms with Crippen LogP contribution in [0.5, 0.6) is 0 Å². The van der Waals surface area contributed by atoms with Crippen LogP contribution in [0.4, 0.5) is 0 Å². The van der Waals surface area contributed by atoms with Crippen molar-refractivity contribution in [3.8, 4) is 0 Å². The number of nitrogens with zero attached hydrogens (tertiary/aromatic N) is 1. The zero-order chi connectivity index (χ0) is 15.8. The predicted molar refractivity (Wildman–Crippen MR) is 95.7 cm³/mol. The van der Waals surface area contributed by atoms with E-state index < -0.39 is 0 Å². The van der Waals surface area contributed by atoms with Crippen molar-refractivity contribution in [2.45, 2.75) is 0 Å². The van der Waals surface area contributed by atoms with Crippen molar-refractivity contribution in [1.29, 1.82) is 0 Å². The molecule has 4 nitrogen and oxygen atoms in total. The largest absolute Gasteiger partial charge is 0.396 e. The van der Waals surface area contributed by atoms with E-state index in [0.29, 0.717) is 11.4 Å². The average Bonchev–Trinajstić information content (AvgIpc) is 3.06. The minimum absolute atomic E-state index is 0.600. The number of benzene rings is 2. The second kappa shape index (κ2) is 5.44. The highest BCUT2D eigenvalue weighted by atomic mass is 32.2. The molecule has 0 saturated heterocycles. The Morgan fingerprint density at radius 3 is 2.04 bits per heavy atom. The highest BCUT2D eigenvalue weighted by molar-refractivity contribution is 7.95. The van der Waals surface area contributed by atoms with Gasteiger partial charge in [0.1, 0.15) is 0 Å². The molecule has 0 unspecified atom stereocenters. The third kappa shape index (κ3) is 2.17. The topological polar surface area (TPSA) is 67.3 Å². The van der Waals surface area contributed by atoms with Crippen LogP contribution in [0.25, 0.3) is 11.3 Å². The smallest absolute Gasteiger partial charge is 0.0866 e. The number of rotatable bonds is 2. The van der Waals surface area contributed by atoms with Gasteiger partial charge in [0.2, 0.25) is 0 Å². The third-order valence-electron chi connectivity index (χ3n) is 3.94. The first-order valence-electron chi connectivity index (χ1n) is 7.31. The lowest BCUT2D eigenvalue weighted by molar-refractivity contribution is 0.823. The standard InChI is InChI=1S/C18H16N4S/c19-16-15(12-7-3-1-4-8-12)14-11-21-23-22(14)18(17(16)20)13-9-5-2-6-10-13/h1-11,21H,19-20H2. The first kappa shape index (κ1) is 13.8. The van der Waals surface area contributed by atoms with Crippen molar-refractivity contribution >= 4 is 23.4 Å². The summed E-state index contributed by atoms with van der Waals surface area (Å²) < 4.78 is 5.31. The van der Waals surface area contributed by atoms with E-state index in [1.54, 1.807) is 0 Å². The van der Waals surface area contributed by atoms with Gasteiger partial charge in [-0.15, -0.1) is 0 Å². The molecular weight excluding hydrogens is 304 g/mol. The summed E-state index contributed by atoms with van der Waals surface area (Å²) in [5, 5.41) is 0. The molecular formula is C18H16N4S. The predicted octanol–water partition coefficient (Wildman–Crippen LogP) is 3.01. The molecule has 0 aliphatic carbocycles. The summed E-state index contributed by atoms with van der Waals surface area (Å²) in [5.41, 5.74) is 19.1. The lowest BCUT2D eigenvalue weighted by atomic mass is 9.94. The summed E-state index contributed by atoms with van der Waals surface area (Å²) in [6, 6.07) is 20.2. The van der Waals surface area contributed by atoms with E-state index >= 15 is 0 Å². The first-order chi connectivity index (χ1) is 11.3. The molecule has 0 radical (unpaired) electrons. The van der Waals surface area contributed by atoms with Gasteiger partial charge >= 0.3 is 0 Å². The lowest BCUT2D eigenvalue weighted by Gasteiger charge is -2.31. The molecule has 5 heteroatoms. The average molecular weight is 320 g/mol. The molecule has 2 aromatic rings. The van der Waals surface area contributed by atoms with Crippen molar-refractivity contribution in [3.63, 3.8) is 0 Å². The molecule has 0 atom stereocenters. The molecule has 0 aromatic heterocycles. The van der Waals surface area contributed by atoms with Crippen LogP contribution in [-0.2, 0) is 0 Å². The van der Waals surface area contributed by atoms with E-state index in [9.17, 15) is 0 Å². The zero-order valence-electron chi connectivity index (χ0n) is 12.4. The maximum absolute atomic E-state index is 6.43. The molecule has 0 spiro atoms. The van der Waals surface area contributed by atoms with Crippen LogP contribution >= 0.6 is 12.1 Å². The van der Waals surface area contributed by atoms with E-state index in [0.717, 1.165) is 28.1 Å². The monoisotopic (exact) mass is 320 g/mol. The van der Waals surface area contributed by atoms with E-state index in [2.05, 4.69) is 9.03 Å². The molecule has 23 heavy (non-hydrogen) atoms. The maximum Gasteiger partial charge on any atom is 0.0866 e. The van der Waals surface area contributed by atoms with Gasteiger partial charge in [-0.2, -0.15) is 0 Å². The lowest BCUT2D eigenvalue weighted by Crippen LogP contribution is -2.27. The Bertz CT molecular complexity index is 838. The number of hydrogen-bond donors (Lipinski definition) is 3. The van der Waals surface area contributed by atoms with Crippen molar-refractivity contribution in [2.24, 2.45) is 11.5 Å². The minimum atomic E-state index is 0.600. The fourth-order valence-corrected chi connectivity index (χ4v) is 3.68. The molecule has 4 rings (SSSR count). The van der Waals surface area contributed by atoms with E-state index in [1.165, 1.54) is 12.1 Å². The van der Waals surface area contributed by atoms with Gasteiger partial charge in [0, 0.05) is 17.3 Å². The van der Waals surface area contributed by atoms with Gasteiger partial charge in [-0.3, -0.25) is 4.31 Å². The van der Waals surface area contributed by atoms with E-state index in [4.69, 9.17) is 11.5 Å². The van der Waals surface area contributed by atoms with Crippen LogP contribution in [0.15, 0.2) is 84.0 Å². The Labute approximate surface area is 139 Å². The summed E-state index contributed by atoms with van der Waals surface area (Å²) in [5.74, 6) is 0. The molecule has 2 aromatic carbocycles. The highest BCUT2D eigenvalue weighted by Gasteiger charge is 2.33. The summed E-state index contributed by atoms with van der Waals surface area (Å²) in [6.45, 7) is 0. The van der Waals surface area contributed by atoms with Crippen molar-refractivity contribution in [2.75, 3.05) is 0 Å². The Balaban J connectivity index is 1.95. The van der Waals surface area contributed by atoms with Gasteiger partial charge in [-0.25, -0.2) is 0 Å². The Morgan fingerprint density at radius 1 is 0.783 bits per heavy atom. The van der Waals surface area contributed by atoms with Crippen LogP contribution in [0, 0.1) is 0 Å². The molecule has 114 valence electrons. The Morgan fingerprint density at radius 2 is 1.39 bits per heavy atom. The third-order valence-corrected chi connectivity index (χ3v) is 4.73. The quantitative estimate of drug-likeness (QED) is 0.742. The van der Waals surface area contributed by atoms with Gasteiger partial charge in [0.05, 0.1) is 34.9 Å². The fraction of sp³-hybridized carbons (Fsp3) is 0. The van der Waals surface area contributed by atoms with Crippen LogP contribution < -0.4 is 16.2 Å². The summed E-state index contributed by atoms with van der Waals surface area (Å²) >= 11 is 1.50. The number of fused-ring (bicyclic) bond motifs is 1. The Hall–Kier alpha value is -2.79. The summed E-state index contributed by atoms with van der Waals surface area (Å²) in [4.78, 5) is 0. The first-order valence-corrected chi connectivity index (χ1v) is 8.08. The van der Waals surface area contributed by atoms with Gasteiger partial charge in [-0.05, 0) is 5.56 Å². The van der Waals surface area contributed by atoms with Crippen LogP contribution in [-0.4, -0.2) is 4.31 Å². The molecule has 0 bridgehead atoms. The normalized spacial score (nSPS) is 17.0. The SMILES string of the molecule is NC1=C(c2ccccc2)C2=CNSN2C(c2ccccc2)=C1N. The molecule has 0 fully saturated rings. The molecule has 2 aliphatic heterocycles. The van der Waals surface area contributed by atoms with Gasteiger partial charge in [-0.1, -0.05) is 60.7 Å². The minimum Gasteiger partial charge on any atom is -0.396 e. The van der Waals surface area contributed by atoms with Crippen LogP contribution in [0.2, 0.25) is 0 Å². The fourth-order valence-electron chi connectivity index (χ4n) is 2.87. The molecule has 2 heterocycles.